The van der Waals surface area contributed by atoms with E-state index in [0.717, 1.165) is 85.1 Å². The van der Waals surface area contributed by atoms with E-state index in [0.29, 0.717) is 41.2 Å². The molecule has 57 heavy (non-hydrogen) atoms. The molecule has 1 aromatic carbocycles. The lowest BCUT2D eigenvalue weighted by molar-refractivity contribution is -0.153. The second-order valence-electron chi connectivity index (χ2n) is 14.7. The summed E-state index contributed by atoms with van der Waals surface area (Å²) in [6.07, 6.45) is 11.6. The largest absolute Gasteiger partial charge is 0.497 e. The van der Waals surface area contributed by atoms with E-state index in [2.05, 4.69) is 57.4 Å². The number of carbonyl (C=O) groups is 3. The minimum Gasteiger partial charge on any atom is -0.497 e. The van der Waals surface area contributed by atoms with Gasteiger partial charge in [-0.2, -0.15) is 10.3 Å². The molecule has 1 saturated heterocycles. The van der Waals surface area contributed by atoms with Crippen molar-refractivity contribution in [2.45, 2.75) is 146 Å². The molecule has 10 nitrogen and oxygen atoms in total. The molecule has 0 radical (unpaired) electrons. The van der Waals surface area contributed by atoms with Crippen molar-refractivity contribution < 1.29 is 19.1 Å². The van der Waals surface area contributed by atoms with Gasteiger partial charge in [-0.1, -0.05) is 119 Å². The van der Waals surface area contributed by atoms with Gasteiger partial charge in [-0.25, -0.2) is 5.01 Å². The first kappa shape index (κ1) is 51.0. The number of carbonyl (C=O) groups excluding carboxylic acids is 3. The number of hydrazine groups is 1. The minimum absolute atomic E-state index is 0.162. The average molecular weight is 807 g/mol. The fourth-order valence-electron chi connectivity index (χ4n) is 6.95. The van der Waals surface area contributed by atoms with E-state index in [4.69, 9.17) is 4.74 Å². The molecule has 0 aromatic heterocycles. The van der Waals surface area contributed by atoms with Crippen LogP contribution in [0.3, 0.4) is 0 Å². The minimum atomic E-state index is -0.831. The molecule has 0 saturated carbocycles. The number of rotatable bonds is 19. The Labute approximate surface area is 350 Å². The number of imide groups is 1. The van der Waals surface area contributed by atoms with Crippen LogP contribution in [-0.4, -0.2) is 82.5 Å². The maximum absolute atomic E-state index is 14.5. The molecule has 1 fully saturated rings. The Balaban J connectivity index is 0.00000393. The lowest BCUT2D eigenvalue weighted by Crippen LogP contribution is -2.54. The standard InChI is InChI=1S/C42H62N6O4S.2C2H6/c1-11-16-19-29(14-4)27-47(28-30(15-5)20-17-12-2)41(44)53-36(37-42(6,7)45(37)8)25-34-33(18-13-3)35(26-43)40(51)48(39(34)50)46(9)38(49)31-21-23-32(52-10)24-22-31;2*1-2/h21-25,29-30,44H,11-20,27-28H2,1-10H3;2*1-2H3/b34-25-,37-36+,44-41?;;. The summed E-state index contributed by atoms with van der Waals surface area (Å²) < 4.78 is 5.22. The highest BCUT2D eigenvalue weighted by atomic mass is 32.2. The van der Waals surface area contributed by atoms with Crippen LogP contribution in [0.5, 0.6) is 5.75 Å². The van der Waals surface area contributed by atoms with Crippen molar-refractivity contribution in [3.05, 3.63) is 63.2 Å². The SMILES string of the molecule is CC.CC.CCCCC(CC)CN(CC(CC)CCCC)C(=N)SC(/C=C1\C(=O)N(N(C)C(=O)c2ccc(OC)cc2)C(=O)C(C#N)=C1CCC)=C1/N(C)C1(C)C. The molecule has 0 aliphatic carbocycles. The van der Waals surface area contributed by atoms with E-state index in [1.165, 1.54) is 25.9 Å². The molecule has 1 N–H and O–H groups in total. The number of likely N-dealkylation sites (N-methyl/N-ethyl adjacent to an activating group) is 1. The summed E-state index contributed by atoms with van der Waals surface area (Å²) in [5.41, 5.74) is 1.31. The van der Waals surface area contributed by atoms with E-state index >= 15 is 0 Å². The second kappa shape index (κ2) is 25.3. The number of methoxy groups -OCH3 is 1. The maximum Gasteiger partial charge on any atom is 0.290 e. The monoisotopic (exact) mass is 807 g/mol. The Morgan fingerprint density at radius 3 is 1.84 bits per heavy atom. The van der Waals surface area contributed by atoms with Crippen LogP contribution >= 0.6 is 11.8 Å². The number of amides is 3. The van der Waals surface area contributed by atoms with Gasteiger partial charge in [0.05, 0.1) is 18.3 Å². The lowest BCUT2D eigenvalue weighted by atomic mass is 9.91. The van der Waals surface area contributed by atoms with Crippen LogP contribution < -0.4 is 4.74 Å². The Hall–Kier alpha value is -4.04. The molecule has 1 aromatic rings. The fourth-order valence-corrected chi connectivity index (χ4v) is 8.10. The first-order valence-corrected chi connectivity index (χ1v) is 22.2. The summed E-state index contributed by atoms with van der Waals surface area (Å²) in [4.78, 5) is 47.2. The Kier molecular flexibility index (Phi) is 22.7. The third-order valence-electron chi connectivity index (χ3n) is 10.7. The van der Waals surface area contributed by atoms with Gasteiger partial charge in [0.25, 0.3) is 17.7 Å². The predicted molar refractivity (Wildman–Crippen MR) is 238 cm³/mol. The van der Waals surface area contributed by atoms with Crippen molar-refractivity contribution >= 4 is 34.7 Å². The number of benzene rings is 1. The topological polar surface area (TPSA) is 121 Å². The number of hydrogen-bond acceptors (Lipinski definition) is 8. The molecule has 318 valence electrons. The van der Waals surface area contributed by atoms with Crippen molar-refractivity contribution in [2.24, 2.45) is 11.8 Å². The summed E-state index contributed by atoms with van der Waals surface area (Å²) >= 11 is 1.34. The van der Waals surface area contributed by atoms with Gasteiger partial charge in [0.15, 0.2) is 5.17 Å². The van der Waals surface area contributed by atoms with Gasteiger partial charge in [-0.05, 0) is 80.9 Å². The summed E-state index contributed by atoms with van der Waals surface area (Å²) in [6.45, 7) is 24.6. The first-order valence-electron chi connectivity index (χ1n) is 21.4. The Morgan fingerprint density at radius 1 is 0.930 bits per heavy atom. The number of unbranched alkanes of at least 4 members (excludes halogenated alkanes) is 2. The maximum atomic E-state index is 14.5. The third kappa shape index (κ3) is 13.2. The van der Waals surface area contributed by atoms with Crippen LogP contribution in [-0.2, 0) is 9.59 Å². The highest BCUT2D eigenvalue weighted by Gasteiger charge is 2.49. The highest BCUT2D eigenvalue weighted by Crippen LogP contribution is 2.49. The van der Waals surface area contributed by atoms with Gasteiger partial charge in [-0.3, -0.25) is 19.8 Å². The number of thioether (sulfide) groups is 1. The van der Waals surface area contributed by atoms with E-state index in [1.54, 1.807) is 30.3 Å². The Morgan fingerprint density at radius 2 is 1.44 bits per heavy atom. The van der Waals surface area contributed by atoms with Crippen LogP contribution in [0, 0.1) is 28.6 Å². The average Bonchev–Trinajstić information content (AvgIpc) is 3.74. The van der Waals surface area contributed by atoms with Gasteiger partial charge >= 0.3 is 0 Å². The molecule has 0 spiro atoms. The smallest absolute Gasteiger partial charge is 0.290 e. The zero-order valence-electron chi connectivity index (χ0n) is 37.8. The van der Waals surface area contributed by atoms with Crippen LogP contribution in [0.25, 0.3) is 0 Å². The number of hydrogen-bond donors (Lipinski definition) is 1. The number of allylic oxidation sites excluding steroid dienone is 1. The van der Waals surface area contributed by atoms with Crippen molar-refractivity contribution in [3.63, 3.8) is 0 Å². The molecule has 2 unspecified atom stereocenters. The van der Waals surface area contributed by atoms with E-state index < -0.39 is 17.7 Å². The number of nitriles is 1. The predicted octanol–water partition coefficient (Wildman–Crippen LogP) is 11.0. The van der Waals surface area contributed by atoms with Crippen molar-refractivity contribution in [3.8, 4) is 11.8 Å². The van der Waals surface area contributed by atoms with Crippen molar-refractivity contribution in [1.29, 1.82) is 10.7 Å². The van der Waals surface area contributed by atoms with Gasteiger partial charge in [0, 0.05) is 43.2 Å². The zero-order chi connectivity index (χ0) is 43.5. The molecule has 3 amide bonds. The molecular weight excluding hydrogens is 733 g/mol. The number of ether oxygens (including phenoxy) is 1. The molecular formula is C46H74N6O4S. The van der Waals surface area contributed by atoms with Gasteiger partial charge in [-0.15, -0.1) is 0 Å². The summed E-state index contributed by atoms with van der Waals surface area (Å²) in [6, 6.07) is 8.46. The van der Waals surface area contributed by atoms with Gasteiger partial charge in [0.2, 0.25) is 0 Å². The van der Waals surface area contributed by atoms with Crippen molar-refractivity contribution in [2.75, 3.05) is 34.3 Å². The number of nitrogens with zero attached hydrogens (tertiary/aromatic N) is 5. The third-order valence-corrected chi connectivity index (χ3v) is 11.7. The van der Waals surface area contributed by atoms with Gasteiger partial charge in [0.1, 0.15) is 17.4 Å². The number of amidine groups is 1. The molecule has 2 aliphatic heterocycles. The Bertz CT molecular complexity index is 1610. The first-order chi connectivity index (χ1) is 27.2. The lowest BCUT2D eigenvalue weighted by Gasteiger charge is -2.34. The normalized spacial score (nSPS) is 17.1. The molecule has 2 atom stereocenters. The molecule has 3 rings (SSSR count). The quantitative estimate of drug-likeness (QED) is 0.0482. The molecule has 2 heterocycles. The fraction of sp³-hybridized carbons (Fsp3) is 0.630. The summed E-state index contributed by atoms with van der Waals surface area (Å²) in [5.74, 6) is -0.607. The van der Waals surface area contributed by atoms with E-state index in [9.17, 15) is 25.1 Å². The van der Waals surface area contributed by atoms with Crippen LogP contribution in [0.4, 0.5) is 0 Å². The van der Waals surface area contributed by atoms with E-state index in [1.807, 2.05) is 41.7 Å². The van der Waals surface area contributed by atoms with Crippen LogP contribution in [0.15, 0.2) is 57.7 Å². The summed E-state index contributed by atoms with van der Waals surface area (Å²) in [5, 5.41) is 22.1. The second-order valence-corrected chi connectivity index (χ2v) is 15.8. The van der Waals surface area contributed by atoms with Crippen LogP contribution in [0.1, 0.15) is 151 Å². The molecule has 11 heteroatoms. The van der Waals surface area contributed by atoms with Gasteiger partial charge < -0.3 is 14.5 Å². The summed E-state index contributed by atoms with van der Waals surface area (Å²) in [7, 11) is 4.89. The van der Waals surface area contributed by atoms with Crippen LogP contribution in [0.2, 0.25) is 0 Å². The highest BCUT2D eigenvalue weighted by molar-refractivity contribution is 8.17. The zero-order valence-corrected chi connectivity index (χ0v) is 38.6. The van der Waals surface area contributed by atoms with E-state index in [-0.39, 0.29) is 22.2 Å². The molecule has 0 bridgehead atoms. The molecule has 2 aliphatic rings. The van der Waals surface area contributed by atoms with Crippen molar-refractivity contribution in [1.82, 2.24) is 19.8 Å². The number of nitrogens with one attached hydrogen (secondary N) is 1.